The van der Waals surface area contributed by atoms with Gasteiger partial charge in [-0.1, -0.05) is 25.6 Å². The van der Waals surface area contributed by atoms with Gasteiger partial charge in [0.25, 0.3) is 0 Å². The SMILES string of the molecule is CCCn1c(SCC(=O)Nc2sc(CC)cc2C(=O)OC)nnc1-c1csc2c1CCCC2. The van der Waals surface area contributed by atoms with Crippen molar-refractivity contribution in [3.63, 3.8) is 0 Å². The molecule has 0 saturated carbocycles. The number of nitrogens with one attached hydrogen (secondary N) is 1. The predicted molar refractivity (Wildman–Crippen MR) is 135 cm³/mol. The Hall–Kier alpha value is -2.17. The minimum Gasteiger partial charge on any atom is -0.465 e. The minimum absolute atomic E-state index is 0.184. The number of hydrogen-bond donors (Lipinski definition) is 1. The Bertz CT molecular complexity index is 1150. The second-order valence-electron chi connectivity index (χ2n) is 7.85. The van der Waals surface area contributed by atoms with Crippen LogP contribution in [0.1, 0.15) is 58.8 Å². The summed E-state index contributed by atoms with van der Waals surface area (Å²) in [6, 6.07) is 1.78. The first-order valence-corrected chi connectivity index (χ1v) is 13.9. The van der Waals surface area contributed by atoms with Gasteiger partial charge >= 0.3 is 5.97 Å². The quantitative estimate of drug-likeness (QED) is 0.309. The van der Waals surface area contributed by atoms with Crippen LogP contribution in [0.15, 0.2) is 16.6 Å². The summed E-state index contributed by atoms with van der Waals surface area (Å²) >= 11 is 4.60. The molecule has 1 aliphatic rings. The lowest BCUT2D eigenvalue weighted by molar-refractivity contribution is -0.113. The third kappa shape index (κ3) is 5.17. The molecule has 0 radical (unpaired) electrons. The van der Waals surface area contributed by atoms with E-state index in [1.807, 2.05) is 18.3 Å². The lowest BCUT2D eigenvalue weighted by Gasteiger charge is -2.13. The Balaban J connectivity index is 1.49. The minimum atomic E-state index is -0.444. The van der Waals surface area contributed by atoms with Crippen molar-refractivity contribution in [2.75, 3.05) is 18.2 Å². The Morgan fingerprint density at radius 3 is 2.82 bits per heavy atom. The number of aromatic nitrogens is 3. The molecule has 0 aromatic carbocycles. The summed E-state index contributed by atoms with van der Waals surface area (Å²) in [6.45, 7) is 4.94. The monoisotopic (exact) mass is 504 g/mol. The number of ether oxygens (including phenoxy) is 1. The smallest absolute Gasteiger partial charge is 0.340 e. The molecule has 0 fully saturated rings. The second kappa shape index (κ2) is 10.8. The average molecular weight is 505 g/mol. The first kappa shape index (κ1) is 24.0. The molecular weight excluding hydrogens is 476 g/mol. The molecule has 0 aliphatic heterocycles. The van der Waals surface area contributed by atoms with Gasteiger partial charge in [-0.2, -0.15) is 0 Å². The van der Waals surface area contributed by atoms with E-state index in [0.29, 0.717) is 10.6 Å². The van der Waals surface area contributed by atoms with E-state index < -0.39 is 5.97 Å². The van der Waals surface area contributed by atoms with Crippen molar-refractivity contribution in [1.82, 2.24) is 14.8 Å². The van der Waals surface area contributed by atoms with Crippen molar-refractivity contribution in [3.05, 3.63) is 32.3 Å². The van der Waals surface area contributed by atoms with Crippen molar-refractivity contribution in [1.29, 1.82) is 0 Å². The van der Waals surface area contributed by atoms with E-state index in [4.69, 9.17) is 4.74 Å². The predicted octanol–water partition coefficient (Wildman–Crippen LogP) is 5.44. The van der Waals surface area contributed by atoms with Crippen molar-refractivity contribution in [2.24, 2.45) is 0 Å². The van der Waals surface area contributed by atoms with Crippen LogP contribution in [-0.2, 0) is 35.3 Å². The van der Waals surface area contributed by atoms with Gasteiger partial charge in [0, 0.05) is 27.2 Å². The van der Waals surface area contributed by atoms with Crippen LogP contribution in [0.3, 0.4) is 0 Å². The van der Waals surface area contributed by atoms with Crippen LogP contribution in [0.25, 0.3) is 11.4 Å². The van der Waals surface area contributed by atoms with Gasteiger partial charge in [0.05, 0.1) is 18.4 Å². The van der Waals surface area contributed by atoms with E-state index in [1.165, 1.54) is 59.1 Å². The number of methoxy groups -OCH3 is 1. The van der Waals surface area contributed by atoms with E-state index >= 15 is 0 Å². The Kier molecular flexibility index (Phi) is 7.87. The molecular formula is C23H28N4O3S3. The molecule has 33 heavy (non-hydrogen) atoms. The molecule has 0 saturated heterocycles. The molecule has 1 amide bonds. The first-order chi connectivity index (χ1) is 16.0. The van der Waals surface area contributed by atoms with Crippen molar-refractivity contribution >= 4 is 51.3 Å². The maximum Gasteiger partial charge on any atom is 0.340 e. The highest BCUT2D eigenvalue weighted by molar-refractivity contribution is 7.99. The van der Waals surface area contributed by atoms with Gasteiger partial charge in [0.15, 0.2) is 11.0 Å². The van der Waals surface area contributed by atoms with Gasteiger partial charge in [-0.3, -0.25) is 4.79 Å². The molecule has 0 unspecified atom stereocenters. The lowest BCUT2D eigenvalue weighted by atomic mass is 9.95. The maximum absolute atomic E-state index is 12.7. The molecule has 1 N–H and O–H groups in total. The van der Waals surface area contributed by atoms with E-state index in [2.05, 4.69) is 32.4 Å². The van der Waals surface area contributed by atoms with Gasteiger partial charge in [-0.05, 0) is 50.2 Å². The molecule has 3 aromatic heterocycles. The van der Waals surface area contributed by atoms with Crippen molar-refractivity contribution in [2.45, 2.75) is 64.1 Å². The van der Waals surface area contributed by atoms with Gasteiger partial charge < -0.3 is 14.6 Å². The number of fused-ring (bicyclic) bond motifs is 1. The number of carbonyl (C=O) groups excluding carboxylic acids is 2. The largest absolute Gasteiger partial charge is 0.465 e. The van der Waals surface area contributed by atoms with E-state index in [9.17, 15) is 9.59 Å². The summed E-state index contributed by atoms with van der Waals surface area (Å²) in [5, 5.41) is 15.3. The van der Waals surface area contributed by atoms with Gasteiger partial charge in [-0.15, -0.1) is 32.9 Å². The molecule has 0 bridgehead atoms. The van der Waals surface area contributed by atoms with Crippen LogP contribution in [0.2, 0.25) is 0 Å². The summed E-state index contributed by atoms with van der Waals surface area (Å²) in [5.74, 6) is 0.456. The first-order valence-electron chi connectivity index (χ1n) is 11.2. The summed E-state index contributed by atoms with van der Waals surface area (Å²) < 4.78 is 6.99. The molecule has 176 valence electrons. The third-order valence-corrected chi connectivity index (χ3v) is 8.84. The molecule has 3 heterocycles. The third-order valence-electron chi connectivity index (χ3n) is 5.59. The molecule has 7 nitrogen and oxygen atoms in total. The Morgan fingerprint density at radius 1 is 1.24 bits per heavy atom. The van der Waals surface area contributed by atoms with E-state index in [-0.39, 0.29) is 11.7 Å². The van der Waals surface area contributed by atoms with Crippen LogP contribution >= 0.6 is 34.4 Å². The summed E-state index contributed by atoms with van der Waals surface area (Å²) in [6.07, 6.45) is 6.47. The molecule has 4 rings (SSSR count). The summed E-state index contributed by atoms with van der Waals surface area (Å²) in [7, 11) is 1.34. The molecule has 3 aromatic rings. The van der Waals surface area contributed by atoms with Gasteiger partial charge in [-0.25, -0.2) is 4.79 Å². The van der Waals surface area contributed by atoms with E-state index in [1.54, 1.807) is 6.07 Å². The average Bonchev–Trinajstić information content (AvgIpc) is 3.54. The number of thioether (sulfide) groups is 1. The summed E-state index contributed by atoms with van der Waals surface area (Å²) in [4.78, 5) is 27.3. The number of carbonyl (C=O) groups is 2. The Morgan fingerprint density at radius 2 is 2.06 bits per heavy atom. The van der Waals surface area contributed by atoms with Crippen molar-refractivity contribution < 1.29 is 14.3 Å². The number of thiophene rings is 2. The van der Waals surface area contributed by atoms with E-state index in [0.717, 1.165) is 48.1 Å². The van der Waals surface area contributed by atoms with Gasteiger partial charge in [0.1, 0.15) is 5.00 Å². The van der Waals surface area contributed by atoms with Crippen LogP contribution in [0, 0.1) is 0 Å². The number of aryl methyl sites for hydroxylation is 2. The highest BCUT2D eigenvalue weighted by Crippen LogP contribution is 2.37. The summed E-state index contributed by atoms with van der Waals surface area (Å²) in [5.41, 5.74) is 3.02. The molecule has 1 aliphatic carbocycles. The number of hydrogen-bond acceptors (Lipinski definition) is 8. The zero-order valence-electron chi connectivity index (χ0n) is 19.1. The maximum atomic E-state index is 12.7. The normalized spacial score (nSPS) is 13.1. The van der Waals surface area contributed by atoms with Crippen LogP contribution in [-0.4, -0.2) is 39.5 Å². The van der Waals surface area contributed by atoms with Crippen LogP contribution < -0.4 is 5.32 Å². The molecule has 10 heteroatoms. The molecule has 0 atom stereocenters. The zero-order valence-corrected chi connectivity index (χ0v) is 21.6. The highest BCUT2D eigenvalue weighted by Gasteiger charge is 2.23. The van der Waals surface area contributed by atoms with Gasteiger partial charge in [0.2, 0.25) is 5.91 Å². The fourth-order valence-electron chi connectivity index (χ4n) is 3.96. The fraction of sp³-hybridized carbons (Fsp3) is 0.478. The Labute approximate surface area is 206 Å². The fourth-order valence-corrected chi connectivity index (χ4v) is 6.85. The number of rotatable bonds is 9. The number of esters is 1. The second-order valence-corrected chi connectivity index (χ2v) is 10.9. The zero-order chi connectivity index (χ0) is 23.4. The van der Waals surface area contributed by atoms with Crippen LogP contribution in [0.4, 0.5) is 5.00 Å². The molecule has 0 spiro atoms. The van der Waals surface area contributed by atoms with Crippen molar-refractivity contribution in [3.8, 4) is 11.4 Å². The highest BCUT2D eigenvalue weighted by atomic mass is 32.2. The standard InChI is InChI=1S/C23H28N4O3S3/c1-4-10-27-20(17-12-31-18-9-7-6-8-15(17)18)25-26-23(27)32-13-19(28)24-21-16(22(29)30-3)11-14(5-2)33-21/h11-12H,4-10,13H2,1-3H3,(H,24,28). The topological polar surface area (TPSA) is 86.1 Å². The number of anilines is 1. The number of amides is 1. The number of nitrogens with zero attached hydrogens (tertiary/aromatic N) is 3. The van der Waals surface area contributed by atoms with Crippen LogP contribution in [0.5, 0.6) is 0 Å². The lowest BCUT2D eigenvalue weighted by Crippen LogP contribution is -2.16.